The Labute approximate surface area is 190 Å². The van der Waals surface area contributed by atoms with Crippen LogP contribution in [0.4, 0.5) is 4.39 Å². The lowest BCUT2D eigenvalue weighted by atomic mass is 10.1. The Hall–Kier alpha value is -3.07. The lowest BCUT2D eigenvalue weighted by molar-refractivity contribution is -0.118. The van der Waals surface area contributed by atoms with Crippen molar-refractivity contribution in [1.82, 2.24) is 20.1 Å². The van der Waals surface area contributed by atoms with E-state index in [9.17, 15) is 9.18 Å². The number of amides is 1. The van der Waals surface area contributed by atoms with E-state index in [1.807, 2.05) is 33.0 Å². The Kier molecular flexibility index (Phi) is 6.64. The lowest BCUT2D eigenvalue weighted by Crippen LogP contribution is -2.25. The summed E-state index contributed by atoms with van der Waals surface area (Å²) in [6.45, 7) is 4.87. The van der Waals surface area contributed by atoms with Crippen LogP contribution in [0.5, 0.6) is 11.5 Å². The summed E-state index contributed by atoms with van der Waals surface area (Å²) < 4.78 is 26.6. The van der Waals surface area contributed by atoms with E-state index < -0.39 is 0 Å². The zero-order valence-electron chi connectivity index (χ0n) is 18.2. The van der Waals surface area contributed by atoms with E-state index in [1.54, 1.807) is 16.7 Å². The molecule has 0 radical (unpaired) electrons. The number of fused-ring (bicyclic) bond motifs is 1. The lowest BCUT2D eigenvalue weighted by Gasteiger charge is -2.13. The molecule has 0 saturated heterocycles. The number of rotatable bonds is 8. The van der Waals surface area contributed by atoms with Crippen molar-refractivity contribution in [3.8, 4) is 22.9 Å². The summed E-state index contributed by atoms with van der Waals surface area (Å²) in [7, 11) is 1.82. The van der Waals surface area contributed by atoms with Gasteiger partial charge < -0.3 is 19.4 Å². The topological polar surface area (TPSA) is 78.3 Å². The van der Waals surface area contributed by atoms with Gasteiger partial charge in [0, 0.05) is 36.7 Å². The van der Waals surface area contributed by atoms with Crippen LogP contribution in [0.1, 0.15) is 25.0 Å². The van der Waals surface area contributed by atoms with E-state index in [4.69, 9.17) is 9.47 Å². The summed E-state index contributed by atoms with van der Waals surface area (Å²) in [6, 6.07) is 10.0. The van der Waals surface area contributed by atoms with E-state index in [0.29, 0.717) is 24.1 Å². The Balaban J connectivity index is 1.36. The van der Waals surface area contributed by atoms with E-state index in [-0.39, 0.29) is 23.6 Å². The van der Waals surface area contributed by atoms with Crippen molar-refractivity contribution < 1.29 is 18.7 Å². The number of hydrogen-bond donors (Lipinski definition) is 1. The van der Waals surface area contributed by atoms with E-state index in [0.717, 1.165) is 34.6 Å². The SMILES string of the molecule is CCOc1cc2c(cc1CNC(=O)CSc1nnc(-c3ccc(F)cc3)n1C)O[C@H](C)C2. The molecular weight excluding hydrogens is 431 g/mol. The fourth-order valence-electron chi connectivity index (χ4n) is 3.58. The van der Waals surface area contributed by atoms with Crippen LogP contribution in [0.3, 0.4) is 0 Å². The first-order chi connectivity index (χ1) is 15.4. The summed E-state index contributed by atoms with van der Waals surface area (Å²) in [6.07, 6.45) is 1.00. The molecule has 1 atom stereocenters. The molecule has 0 saturated carbocycles. The van der Waals surface area contributed by atoms with Crippen LogP contribution in [-0.2, 0) is 24.8 Å². The van der Waals surface area contributed by atoms with Crippen LogP contribution in [0, 0.1) is 5.82 Å². The van der Waals surface area contributed by atoms with Gasteiger partial charge in [-0.3, -0.25) is 4.79 Å². The van der Waals surface area contributed by atoms with Gasteiger partial charge in [-0.1, -0.05) is 11.8 Å². The molecule has 1 aliphatic heterocycles. The molecule has 32 heavy (non-hydrogen) atoms. The van der Waals surface area contributed by atoms with Crippen LogP contribution >= 0.6 is 11.8 Å². The Bertz CT molecular complexity index is 1120. The van der Waals surface area contributed by atoms with Crippen molar-refractivity contribution in [2.45, 2.75) is 38.1 Å². The number of thioether (sulfide) groups is 1. The maximum absolute atomic E-state index is 13.2. The standard InChI is InChI=1S/C23H25FN4O3S/c1-4-30-19-10-16-9-14(2)31-20(16)11-17(19)12-25-21(29)13-32-23-27-26-22(28(23)3)15-5-7-18(24)8-6-15/h5-8,10-11,14H,4,9,12-13H2,1-3H3,(H,25,29)/t14-/m1/s1. The molecule has 0 spiro atoms. The highest BCUT2D eigenvalue weighted by Gasteiger charge is 2.22. The quantitative estimate of drug-likeness (QED) is 0.520. The minimum Gasteiger partial charge on any atom is -0.494 e. The highest BCUT2D eigenvalue weighted by molar-refractivity contribution is 7.99. The van der Waals surface area contributed by atoms with E-state index >= 15 is 0 Å². The van der Waals surface area contributed by atoms with Crippen LogP contribution in [0.25, 0.3) is 11.4 Å². The van der Waals surface area contributed by atoms with Crippen molar-refractivity contribution in [1.29, 1.82) is 0 Å². The molecule has 1 aliphatic rings. The summed E-state index contributed by atoms with van der Waals surface area (Å²) in [4.78, 5) is 12.5. The molecule has 1 aromatic heterocycles. The highest BCUT2D eigenvalue weighted by atomic mass is 32.2. The van der Waals surface area contributed by atoms with E-state index in [2.05, 4.69) is 15.5 Å². The van der Waals surface area contributed by atoms with Gasteiger partial charge in [-0.25, -0.2) is 4.39 Å². The predicted molar refractivity (Wildman–Crippen MR) is 120 cm³/mol. The molecule has 0 aliphatic carbocycles. The van der Waals surface area contributed by atoms with Crippen molar-refractivity contribution in [3.63, 3.8) is 0 Å². The third kappa shape index (κ3) is 4.88. The normalized spacial score (nSPS) is 14.7. The minimum atomic E-state index is -0.306. The zero-order chi connectivity index (χ0) is 22.7. The first-order valence-corrected chi connectivity index (χ1v) is 11.4. The third-order valence-electron chi connectivity index (χ3n) is 5.12. The van der Waals surface area contributed by atoms with Gasteiger partial charge in [0.25, 0.3) is 0 Å². The molecule has 168 valence electrons. The van der Waals surface area contributed by atoms with E-state index in [1.165, 1.54) is 23.9 Å². The van der Waals surface area contributed by atoms with Gasteiger partial charge in [0.2, 0.25) is 5.91 Å². The number of halogens is 1. The molecule has 2 heterocycles. The number of carbonyl (C=O) groups excluding carboxylic acids is 1. The van der Waals surface area contributed by atoms with Crippen molar-refractivity contribution in [2.75, 3.05) is 12.4 Å². The number of benzene rings is 2. The number of aromatic nitrogens is 3. The first-order valence-electron chi connectivity index (χ1n) is 10.4. The van der Waals surface area contributed by atoms with Gasteiger partial charge in [0.1, 0.15) is 23.4 Å². The maximum atomic E-state index is 13.2. The number of nitrogens with one attached hydrogen (secondary N) is 1. The molecule has 0 unspecified atom stereocenters. The maximum Gasteiger partial charge on any atom is 0.230 e. The van der Waals surface area contributed by atoms with Gasteiger partial charge in [-0.05, 0) is 50.2 Å². The van der Waals surface area contributed by atoms with Crippen molar-refractivity contribution in [2.24, 2.45) is 7.05 Å². The van der Waals surface area contributed by atoms with Crippen LogP contribution in [-0.4, -0.2) is 39.1 Å². The predicted octanol–water partition coefficient (Wildman–Crippen LogP) is 3.75. The number of ether oxygens (including phenoxy) is 2. The minimum absolute atomic E-state index is 0.126. The second-order valence-electron chi connectivity index (χ2n) is 7.57. The van der Waals surface area contributed by atoms with Gasteiger partial charge in [-0.2, -0.15) is 0 Å². The second kappa shape index (κ2) is 9.60. The Morgan fingerprint density at radius 1 is 1.31 bits per heavy atom. The first kappa shape index (κ1) is 22.1. The molecule has 3 aromatic rings. The second-order valence-corrected chi connectivity index (χ2v) is 8.51. The van der Waals surface area contributed by atoms with Gasteiger partial charge in [0.15, 0.2) is 11.0 Å². The van der Waals surface area contributed by atoms with Crippen molar-refractivity contribution in [3.05, 3.63) is 53.3 Å². The van der Waals surface area contributed by atoms with Gasteiger partial charge in [0.05, 0.1) is 12.4 Å². The van der Waals surface area contributed by atoms with Crippen LogP contribution < -0.4 is 14.8 Å². The number of hydrogen-bond acceptors (Lipinski definition) is 6. The molecule has 9 heteroatoms. The number of nitrogens with zero attached hydrogens (tertiary/aromatic N) is 3. The Morgan fingerprint density at radius 3 is 2.84 bits per heavy atom. The fourth-order valence-corrected chi connectivity index (χ4v) is 4.32. The van der Waals surface area contributed by atoms with Crippen LogP contribution in [0.2, 0.25) is 0 Å². The summed E-state index contributed by atoms with van der Waals surface area (Å²) in [5.41, 5.74) is 2.77. The average molecular weight is 457 g/mol. The molecule has 1 N–H and O–H groups in total. The summed E-state index contributed by atoms with van der Waals surface area (Å²) in [5, 5.41) is 11.9. The largest absolute Gasteiger partial charge is 0.494 e. The molecule has 4 rings (SSSR count). The fraction of sp³-hybridized carbons (Fsp3) is 0.348. The average Bonchev–Trinajstić information content (AvgIpc) is 3.32. The molecular formula is C23H25FN4O3S. The van der Waals surface area contributed by atoms with Crippen molar-refractivity contribution >= 4 is 17.7 Å². The number of carbonyl (C=O) groups is 1. The molecule has 0 fully saturated rings. The highest BCUT2D eigenvalue weighted by Crippen LogP contribution is 2.35. The zero-order valence-corrected chi connectivity index (χ0v) is 19.0. The van der Waals surface area contributed by atoms with Gasteiger partial charge in [-0.15, -0.1) is 10.2 Å². The van der Waals surface area contributed by atoms with Gasteiger partial charge >= 0.3 is 0 Å². The smallest absolute Gasteiger partial charge is 0.230 e. The molecule has 7 nitrogen and oxygen atoms in total. The molecule has 0 bridgehead atoms. The molecule has 2 aromatic carbocycles. The third-order valence-corrected chi connectivity index (χ3v) is 6.14. The molecule has 1 amide bonds. The van der Waals surface area contributed by atoms with Crippen LogP contribution in [0.15, 0.2) is 41.6 Å². The summed E-state index contributed by atoms with van der Waals surface area (Å²) in [5.74, 6) is 2.00. The monoisotopic (exact) mass is 456 g/mol. The Morgan fingerprint density at radius 2 is 2.09 bits per heavy atom. The summed E-state index contributed by atoms with van der Waals surface area (Å²) >= 11 is 1.29.